The zero-order chi connectivity index (χ0) is 10.7. The molecule has 0 bridgehead atoms. The van der Waals surface area contributed by atoms with Crippen LogP contribution >= 0.6 is 11.3 Å². The lowest BCUT2D eigenvalue weighted by Gasteiger charge is -2.31. The van der Waals surface area contributed by atoms with Gasteiger partial charge in [0.2, 0.25) is 5.13 Å². The Kier molecular flexibility index (Phi) is 3.57. The second kappa shape index (κ2) is 4.92. The van der Waals surface area contributed by atoms with Crippen LogP contribution in [0.3, 0.4) is 0 Å². The summed E-state index contributed by atoms with van der Waals surface area (Å²) in [4.78, 5) is 0. The van der Waals surface area contributed by atoms with Gasteiger partial charge in [-0.3, -0.25) is 0 Å². The van der Waals surface area contributed by atoms with Gasteiger partial charge in [-0.1, -0.05) is 25.2 Å². The van der Waals surface area contributed by atoms with Crippen molar-refractivity contribution in [3.05, 3.63) is 5.51 Å². The molecule has 1 aromatic rings. The second-order valence-electron chi connectivity index (χ2n) is 4.74. The molecule has 0 atom stereocenters. The highest BCUT2D eigenvalue weighted by Gasteiger charge is 2.23. The number of hydrogen-bond donors (Lipinski definition) is 1. The molecule has 1 aliphatic rings. The van der Waals surface area contributed by atoms with Gasteiger partial charge in [0.15, 0.2) is 0 Å². The van der Waals surface area contributed by atoms with Crippen molar-refractivity contribution in [3.63, 3.8) is 0 Å². The van der Waals surface area contributed by atoms with E-state index in [9.17, 15) is 0 Å². The molecule has 0 radical (unpaired) electrons. The standard InChI is InChI=1S/C11H19N3S/c1-8(2)9-3-5-10(6-4-9)13-11-14-12-7-15-11/h7-10H,3-6H2,1-2H3,(H,13,14). The van der Waals surface area contributed by atoms with Crippen LogP contribution in [0, 0.1) is 11.8 Å². The molecule has 84 valence electrons. The van der Waals surface area contributed by atoms with Gasteiger partial charge in [0.1, 0.15) is 5.51 Å². The van der Waals surface area contributed by atoms with E-state index in [1.54, 1.807) is 16.8 Å². The lowest BCUT2D eigenvalue weighted by atomic mass is 9.80. The highest BCUT2D eigenvalue weighted by Crippen LogP contribution is 2.31. The first-order valence-corrected chi connectivity index (χ1v) is 6.66. The Hall–Kier alpha value is -0.640. The first-order chi connectivity index (χ1) is 7.25. The number of hydrogen-bond acceptors (Lipinski definition) is 4. The Morgan fingerprint density at radius 3 is 2.60 bits per heavy atom. The largest absolute Gasteiger partial charge is 0.357 e. The fourth-order valence-corrected chi connectivity index (χ4v) is 2.86. The molecule has 1 aliphatic carbocycles. The highest BCUT2D eigenvalue weighted by molar-refractivity contribution is 7.13. The second-order valence-corrected chi connectivity index (χ2v) is 5.58. The molecule has 2 rings (SSSR count). The molecule has 0 aromatic carbocycles. The molecule has 1 saturated carbocycles. The first-order valence-electron chi connectivity index (χ1n) is 5.78. The van der Waals surface area contributed by atoms with E-state index in [0.717, 1.165) is 17.0 Å². The Labute approximate surface area is 95.3 Å². The summed E-state index contributed by atoms with van der Waals surface area (Å²) in [6.45, 7) is 4.67. The SMILES string of the molecule is CC(C)C1CCC(Nc2nncs2)CC1. The normalized spacial score (nSPS) is 26.9. The first kappa shape index (κ1) is 10.9. The third kappa shape index (κ3) is 2.91. The number of nitrogens with zero attached hydrogens (tertiary/aromatic N) is 2. The summed E-state index contributed by atoms with van der Waals surface area (Å²) in [6, 6.07) is 0.618. The minimum atomic E-state index is 0.618. The summed E-state index contributed by atoms with van der Waals surface area (Å²) in [5.74, 6) is 1.77. The van der Waals surface area contributed by atoms with Crippen molar-refractivity contribution in [3.8, 4) is 0 Å². The van der Waals surface area contributed by atoms with Crippen LogP contribution in [-0.4, -0.2) is 16.2 Å². The van der Waals surface area contributed by atoms with E-state index in [1.165, 1.54) is 25.7 Å². The average Bonchev–Trinajstić information content (AvgIpc) is 2.71. The fraction of sp³-hybridized carbons (Fsp3) is 0.818. The molecule has 0 saturated heterocycles. The van der Waals surface area contributed by atoms with Crippen molar-refractivity contribution < 1.29 is 0 Å². The maximum atomic E-state index is 4.02. The van der Waals surface area contributed by atoms with Gasteiger partial charge in [0.25, 0.3) is 0 Å². The van der Waals surface area contributed by atoms with E-state index in [2.05, 4.69) is 29.4 Å². The zero-order valence-corrected chi connectivity index (χ0v) is 10.3. The lowest BCUT2D eigenvalue weighted by Crippen LogP contribution is -2.27. The molecular weight excluding hydrogens is 206 g/mol. The van der Waals surface area contributed by atoms with Gasteiger partial charge >= 0.3 is 0 Å². The Balaban J connectivity index is 1.79. The van der Waals surface area contributed by atoms with Crippen LogP contribution in [0.25, 0.3) is 0 Å². The monoisotopic (exact) mass is 225 g/mol. The van der Waals surface area contributed by atoms with Crippen LogP contribution in [0.4, 0.5) is 5.13 Å². The van der Waals surface area contributed by atoms with E-state index >= 15 is 0 Å². The average molecular weight is 225 g/mol. The predicted molar refractivity (Wildman–Crippen MR) is 64.1 cm³/mol. The summed E-state index contributed by atoms with van der Waals surface area (Å²) < 4.78 is 0. The molecule has 0 spiro atoms. The van der Waals surface area contributed by atoms with Crippen LogP contribution in [0.15, 0.2) is 5.51 Å². The third-order valence-electron chi connectivity index (χ3n) is 3.40. The van der Waals surface area contributed by atoms with Gasteiger partial charge in [-0.15, -0.1) is 10.2 Å². The van der Waals surface area contributed by atoms with Crippen LogP contribution < -0.4 is 5.32 Å². The summed E-state index contributed by atoms with van der Waals surface area (Å²) in [6.07, 6.45) is 5.27. The van der Waals surface area contributed by atoms with Crippen molar-refractivity contribution in [1.29, 1.82) is 0 Å². The summed E-state index contributed by atoms with van der Waals surface area (Å²) in [5.41, 5.74) is 1.78. The van der Waals surface area contributed by atoms with Gasteiger partial charge in [-0.25, -0.2) is 0 Å². The molecule has 1 fully saturated rings. The van der Waals surface area contributed by atoms with Crippen LogP contribution in [-0.2, 0) is 0 Å². The molecule has 0 amide bonds. The summed E-state index contributed by atoms with van der Waals surface area (Å²) in [7, 11) is 0. The Morgan fingerprint density at radius 1 is 1.33 bits per heavy atom. The number of nitrogens with one attached hydrogen (secondary N) is 1. The molecule has 0 unspecified atom stereocenters. The van der Waals surface area contributed by atoms with Crippen molar-refractivity contribution in [1.82, 2.24) is 10.2 Å². The van der Waals surface area contributed by atoms with E-state index in [0.29, 0.717) is 6.04 Å². The molecule has 1 heterocycles. The maximum Gasteiger partial charge on any atom is 0.205 e. The maximum absolute atomic E-state index is 4.02. The number of rotatable bonds is 3. The quantitative estimate of drug-likeness (QED) is 0.858. The van der Waals surface area contributed by atoms with Crippen LogP contribution in [0.2, 0.25) is 0 Å². The minimum absolute atomic E-state index is 0.618. The van der Waals surface area contributed by atoms with E-state index in [4.69, 9.17) is 0 Å². The number of aromatic nitrogens is 2. The van der Waals surface area contributed by atoms with Crippen LogP contribution in [0.5, 0.6) is 0 Å². The Bertz CT molecular complexity index is 276. The predicted octanol–water partition coefficient (Wildman–Crippen LogP) is 3.16. The molecule has 3 nitrogen and oxygen atoms in total. The van der Waals surface area contributed by atoms with E-state index < -0.39 is 0 Å². The van der Waals surface area contributed by atoms with Gasteiger partial charge in [-0.05, 0) is 37.5 Å². The Morgan fingerprint density at radius 2 is 2.07 bits per heavy atom. The van der Waals surface area contributed by atoms with Gasteiger partial charge in [-0.2, -0.15) is 0 Å². The smallest absolute Gasteiger partial charge is 0.205 e. The molecule has 0 aliphatic heterocycles. The lowest BCUT2D eigenvalue weighted by molar-refractivity contribution is 0.267. The van der Waals surface area contributed by atoms with E-state index in [1.807, 2.05) is 0 Å². The fourth-order valence-electron chi connectivity index (χ4n) is 2.34. The minimum Gasteiger partial charge on any atom is -0.357 e. The summed E-state index contributed by atoms with van der Waals surface area (Å²) in [5, 5.41) is 12.3. The molecule has 1 N–H and O–H groups in total. The van der Waals surface area contributed by atoms with E-state index in [-0.39, 0.29) is 0 Å². The van der Waals surface area contributed by atoms with Crippen molar-refractivity contribution in [2.24, 2.45) is 11.8 Å². The molecule has 4 heteroatoms. The number of anilines is 1. The molecule has 1 aromatic heterocycles. The van der Waals surface area contributed by atoms with Crippen LogP contribution in [0.1, 0.15) is 39.5 Å². The highest BCUT2D eigenvalue weighted by atomic mass is 32.1. The van der Waals surface area contributed by atoms with Gasteiger partial charge in [0.05, 0.1) is 0 Å². The van der Waals surface area contributed by atoms with Gasteiger partial charge < -0.3 is 5.32 Å². The summed E-state index contributed by atoms with van der Waals surface area (Å²) >= 11 is 1.59. The molecular formula is C11H19N3S. The zero-order valence-electron chi connectivity index (χ0n) is 9.44. The van der Waals surface area contributed by atoms with Crippen molar-refractivity contribution in [2.45, 2.75) is 45.6 Å². The topological polar surface area (TPSA) is 37.8 Å². The van der Waals surface area contributed by atoms with Gasteiger partial charge in [0, 0.05) is 6.04 Å². The van der Waals surface area contributed by atoms with Crippen molar-refractivity contribution in [2.75, 3.05) is 5.32 Å². The third-order valence-corrected chi connectivity index (χ3v) is 4.02. The van der Waals surface area contributed by atoms with Crippen molar-refractivity contribution >= 4 is 16.5 Å². The molecule has 15 heavy (non-hydrogen) atoms.